The number of imidazole rings is 1. The predicted octanol–water partition coefficient (Wildman–Crippen LogP) is 3.83. The van der Waals surface area contributed by atoms with Gasteiger partial charge >= 0.3 is 5.97 Å². The van der Waals surface area contributed by atoms with Gasteiger partial charge in [0.2, 0.25) is 11.9 Å². The average molecular weight is 448 g/mol. The minimum Gasteiger partial charge on any atom is -0.464 e. The molecule has 0 saturated carbocycles. The molecule has 0 radical (unpaired) electrons. The van der Waals surface area contributed by atoms with Crippen LogP contribution in [0.1, 0.15) is 19.5 Å². The van der Waals surface area contributed by atoms with Crippen molar-refractivity contribution in [2.45, 2.75) is 33.4 Å². The van der Waals surface area contributed by atoms with Crippen molar-refractivity contribution in [3.8, 4) is 22.0 Å². The second-order valence-corrected chi connectivity index (χ2v) is 8.65. The zero-order chi connectivity index (χ0) is 22.4. The van der Waals surface area contributed by atoms with E-state index in [-0.39, 0.29) is 19.1 Å². The van der Waals surface area contributed by atoms with Gasteiger partial charge in [-0.05, 0) is 38.1 Å². The molecule has 162 valence electrons. The Morgan fingerprint density at radius 1 is 1.25 bits per heavy atom. The van der Waals surface area contributed by atoms with Crippen molar-refractivity contribution >= 4 is 39.2 Å². The Balaban J connectivity index is 1.74. The van der Waals surface area contributed by atoms with Crippen LogP contribution in [0.2, 0.25) is 0 Å². The van der Waals surface area contributed by atoms with Crippen LogP contribution < -0.4 is 4.90 Å². The molecule has 0 N–H and O–H groups in total. The monoisotopic (exact) mass is 447 g/mol. The maximum atomic E-state index is 12.6. The molecule has 0 aliphatic carbocycles. The molecule has 1 aliphatic rings. The number of thiophene rings is 1. The third-order valence-corrected chi connectivity index (χ3v) is 6.53. The number of carbonyl (C=O) groups excluding carboxylic acids is 2. The topological polar surface area (TPSA) is 90.2 Å². The highest BCUT2D eigenvalue weighted by Gasteiger charge is 2.42. The van der Waals surface area contributed by atoms with Gasteiger partial charge in [-0.2, -0.15) is 0 Å². The SMILES string of the molecule is CCOC(=O)C1Cn2c(nc(-c3cccc(C)n3)c2-c2cc3cnccc3s2)N1C(C)=O. The molecule has 4 aromatic rings. The minimum atomic E-state index is -0.746. The van der Waals surface area contributed by atoms with Gasteiger partial charge < -0.3 is 9.30 Å². The lowest BCUT2D eigenvalue weighted by atomic mass is 10.1. The van der Waals surface area contributed by atoms with Gasteiger partial charge in [0.1, 0.15) is 5.69 Å². The first kappa shape index (κ1) is 20.3. The van der Waals surface area contributed by atoms with Gasteiger partial charge in [0.05, 0.1) is 29.4 Å². The number of aryl methyl sites for hydroxylation is 1. The number of aromatic nitrogens is 4. The van der Waals surface area contributed by atoms with Crippen molar-refractivity contribution in [1.82, 2.24) is 19.5 Å². The summed E-state index contributed by atoms with van der Waals surface area (Å²) in [5.41, 5.74) is 3.10. The van der Waals surface area contributed by atoms with Crippen LogP contribution in [0.3, 0.4) is 0 Å². The smallest absolute Gasteiger partial charge is 0.331 e. The molecule has 1 aliphatic heterocycles. The Labute approximate surface area is 188 Å². The summed E-state index contributed by atoms with van der Waals surface area (Å²) in [7, 11) is 0. The van der Waals surface area contributed by atoms with E-state index in [1.165, 1.54) is 11.8 Å². The number of amides is 1. The zero-order valence-electron chi connectivity index (χ0n) is 17.9. The fraction of sp³-hybridized carbons (Fsp3) is 0.261. The highest BCUT2D eigenvalue weighted by molar-refractivity contribution is 7.22. The van der Waals surface area contributed by atoms with Gasteiger partial charge in [0.25, 0.3) is 0 Å². The second-order valence-electron chi connectivity index (χ2n) is 7.56. The van der Waals surface area contributed by atoms with Gasteiger partial charge in [0.15, 0.2) is 6.04 Å². The third kappa shape index (κ3) is 3.25. The van der Waals surface area contributed by atoms with Gasteiger partial charge in [0, 0.05) is 35.1 Å². The summed E-state index contributed by atoms with van der Waals surface area (Å²) >= 11 is 1.62. The van der Waals surface area contributed by atoms with Crippen LogP contribution in [0.15, 0.2) is 42.7 Å². The molecule has 4 aromatic heterocycles. The summed E-state index contributed by atoms with van der Waals surface area (Å²) in [6, 6.07) is 9.06. The van der Waals surface area contributed by atoms with Gasteiger partial charge in [-0.3, -0.25) is 19.7 Å². The molecular weight excluding hydrogens is 426 g/mol. The standard InChI is InChI=1S/C23H21N5O3S/c1-4-31-22(30)17-12-27-21(19-10-15-11-24-9-8-18(15)32-19)20(16-7-5-6-13(2)25-16)26-23(27)28(17)14(3)29/h5-11,17H,4,12H2,1-3H3. The van der Waals surface area contributed by atoms with Crippen molar-refractivity contribution in [3.05, 3.63) is 48.4 Å². The summed E-state index contributed by atoms with van der Waals surface area (Å²) < 4.78 is 8.26. The lowest BCUT2D eigenvalue weighted by Gasteiger charge is -2.19. The van der Waals surface area contributed by atoms with Crippen molar-refractivity contribution < 1.29 is 14.3 Å². The molecule has 1 amide bonds. The number of esters is 1. The molecule has 1 unspecified atom stereocenters. The van der Waals surface area contributed by atoms with E-state index >= 15 is 0 Å². The highest BCUT2D eigenvalue weighted by atomic mass is 32.1. The Kier molecular flexibility index (Phi) is 4.97. The fourth-order valence-electron chi connectivity index (χ4n) is 4.07. The molecular formula is C23H21N5O3S. The van der Waals surface area contributed by atoms with E-state index in [2.05, 4.69) is 16.0 Å². The normalized spacial score (nSPS) is 15.2. The van der Waals surface area contributed by atoms with Crippen LogP contribution in [-0.4, -0.2) is 44.0 Å². The van der Waals surface area contributed by atoms with E-state index in [0.717, 1.165) is 26.4 Å². The Morgan fingerprint density at radius 2 is 2.09 bits per heavy atom. The van der Waals surface area contributed by atoms with E-state index < -0.39 is 12.0 Å². The molecule has 1 atom stereocenters. The Hall–Kier alpha value is -3.59. The van der Waals surface area contributed by atoms with Gasteiger partial charge in [-0.25, -0.2) is 9.78 Å². The van der Waals surface area contributed by atoms with E-state index in [0.29, 0.717) is 17.3 Å². The predicted molar refractivity (Wildman–Crippen MR) is 122 cm³/mol. The first-order valence-electron chi connectivity index (χ1n) is 10.3. The molecule has 8 nitrogen and oxygen atoms in total. The van der Waals surface area contributed by atoms with Crippen LogP contribution in [0.25, 0.3) is 32.0 Å². The van der Waals surface area contributed by atoms with E-state index in [9.17, 15) is 9.59 Å². The molecule has 9 heteroatoms. The largest absolute Gasteiger partial charge is 0.464 e. The van der Waals surface area contributed by atoms with Crippen LogP contribution in [0.5, 0.6) is 0 Å². The molecule has 0 bridgehead atoms. The number of pyridine rings is 2. The van der Waals surface area contributed by atoms with Crippen molar-refractivity contribution in [3.63, 3.8) is 0 Å². The van der Waals surface area contributed by atoms with E-state index in [1.54, 1.807) is 24.5 Å². The number of nitrogens with zero attached hydrogens (tertiary/aromatic N) is 5. The highest BCUT2D eigenvalue weighted by Crippen LogP contribution is 2.43. The minimum absolute atomic E-state index is 0.248. The second kappa shape index (κ2) is 7.83. The summed E-state index contributed by atoms with van der Waals surface area (Å²) in [6.07, 6.45) is 3.59. The molecule has 0 saturated heterocycles. The molecule has 0 fully saturated rings. The van der Waals surface area contributed by atoms with Crippen molar-refractivity contribution in [1.29, 1.82) is 0 Å². The van der Waals surface area contributed by atoms with Crippen LogP contribution in [0, 0.1) is 6.92 Å². The number of rotatable bonds is 4. The molecule has 0 spiro atoms. The Bertz CT molecular complexity index is 1330. The average Bonchev–Trinajstić information content (AvgIpc) is 3.44. The van der Waals surface area contributed by atoms with Crippen LogP contribution in [-0.2, 0) is 20.9 Å². The van der Waals surface area contributed by atoms with Crippen LogP contribution >= 0.6 is 11.3 Å². The summed E-state index contributed by atoms with van der Waals surface area (Å²) in [5.74, 6) is -0.267. The summed E-state index contributed by atoms with van der Waals surface area (Å²) in [6.45, 7) is 5.64. The third-order valence-electron chi connectivity index (χ3n) is 5.41. The molecule has 0 aromatic carbocycles. The van der Waals surface area contributed by atoms with Gasteiger partial charge in [-0.15, -0.1) is 11.3 Å². The first-order valence-corrected chi connectivity index (χ1v) is 11.1. The number of fused-ring (bicyclic) bond motifs is 2. The number of ether oxygens (including phenoxy) is 1. The molecule has 32 heavy (non-hydrogen) atoms. The Morgan fingerprint density at radius 3 is 2.81 bits per heavy atom. The van der Waals surface area contributed by atoms with Crippen molar-refractivity contribution in [2.24, 2.45) is 0 Å². The van der Waals surface area contributed by atoms with Crippen molar-refractivity contribution in [2.75, 3.05) is 11.5 Å². The zero-order valence-corrected chi connectivity index (χ0v) is 18.7. The fourth-order valence-corrected chi connectivity index (χ4v) is 5.16. The van der Waals surface area contributed by atoms with Gasteiger partial charge in [-0.1, -0.05) is 6.07 Å². The number of carbonyl (C=O) groups is 2. The molecule has 5 rings (SSSR count). The number of hydrogen-bond donors (Lipinski definition) is 0. The van der Waals surface area contributed by atoms with E-state index in [1.807, 2.05) is 42.0 Å². The lowest BCUT2D eigenvalue weighted by molar-refractivity contribution is -0.145. The molecule has 5 heterocycles. The maximum Gasteiger partial charge on any atom is 0.331 e. The lowest BCUT2D eigenvalue weighted by Crippen LogP contribution is -2.43. The van der Waals surface area contributed by atoms with E-state index in [4.69, 9.17) is 9.72 Å². The first-order chi connectivity index (χ1) is 15.5. The maximum absolute atomic E-state index is 12.6. The summed E-state index contributed by atoms with van der Waals surface area (Å²) in [5, 5.41) is 1.02. The number of anilines is 1. The number of hydrogen-bond acceptors (Lipinski definition) is 7. The van der Waals surface area contributed by atoms with Crippen LogP contribution in [0.4, 0.5) is 5.95 Å². The quantitative estimate of drug-likeness (QED) is 0.442. The summed E-state index contributed by atoms with van der Waals surface area (Å²) in [4.78, 5) is 41.3.